The predicted molar refractivity (Wildman–Crippen MR) is 55.7 cm³/mol. The lowest BCUT2D eigenvalue weighted by Crippen LogP contribution is -2.50. The van der Waals surface area contributed by atoms with Gasteiger partial charge in [0.2, 0.25) is 5.91 Å². The maximum Gasteiger partial charge on any atom is 0.319 e. The van der Waals surface area contributed by atoms with Crippen LogP contribution in [0, 0.1) is 5.41 Å². The summed E-state index contributed by atoms with van der Waals surface area (Å²) in [5.74, 6) is -1.31. The van der Waals surface area contributed by atoms with Crippen LogP contribution < -0.4 is 0 Å². The largest absolute Gasteiger partial charge is 0.480 e. The number of nitrogens with zero attached hydrogens (tertiary/aromatic N) is 1. The maximum atomic E-state index is 12.1. The Morgan fingerprint density at radius 1 is 1.31 bits per heavy atom. The SMILES string of the molecule is O=C(O)C1(C(=O)N2CCCCC2CO)CC1. The highest BCUT2D eigenvalue weighted by Crippen LogP contribution is 2.48. The fraction of sp³-hybridized carbons (Fsp3) is 0.818. The summed E-state index contributed by atoms with van der Waals surface area (Å²) in [6, 6.07) is -0.182. The highest BCUT2D eigenvalue weighted by Gasteiger charge is 2.59. The van der Waals surface area contributed by atoms with Gasteiger partial charge in [-0.2, -0.15) is 0 Å². The van der Waals surface area contributed by atoms with Crippen molar-refractivity contribution in [3.63, 3.8) is 0 Å². The molecular weight excluding hydrogens is 210 g/mol. The van der Waals surface area contributed by atoms with E-state index >= 15 is 0 Å². The number of likely N-dealkylation sites (tertiary alicyclic amines) is 1. The first kappa shape index (κ1) is 11.4. The Labute approximate surface area is 94.0 Å². The van der Waals surface area contributed by atoms with Crippen LogP contribution in [0.1, 0.15) is 32.1 Å². The lowest BCUT2D eigenvalue weighted by atomic mass is 9.98. The van der Waals surface area contributed by atoms with E-state index in [1.54, 1.807) is 4.90 Å². The molecule has 0 aromatic rings. The number of rotatable bonds is 3. The number of carboxylic acid groups (broad SMARTS) is 1. The Bertz CT molecular complexity index is 311. The number of aliphatic hydroxyl groups excluding tert-OH is 1. The summed E-state index contributed by atoms with van der Waals surface area (Å²) in [4.78, 5) is 24.8. The summed E-state index contributed by atoms with van der Waals surface area (Å²) in [7, 11) is 0. The van der Waals surface area contributed by atoms with Gasteiger partial charge < -0.3 is 15.1 Å². The van der Waals surface area contributed by atoms with Gasteiger partial charge in [-0.15, -0.1) is 0 Å². The lowest BCUT2D eigenvalue weighted by Gasteiger charge is -2.36. The van der Waals surface area contributed by atoms with E-state index < -0.39 is 11.4 Å². The number of carboxylic acids is 1. The quantitative estimate of drug-likeness (QED) is 0.676. The van der Waals surface area contributed by atoms with Crippen molar-refractivity contribution in [1.82, 2.24) is 4.90 Å². The minimum atomic E-state index is -1.16. The number of carbonyl (C=O) groups is 2. The van der Waals surface area contributed by atoms with Crippen molar-refractivity contribution in [3.8, 4) is 0 Å². The summed E-state index contributed by atoms with van der Waals surface area (Å²) in [6.45, 7) is 0.514. The molecule has 0 spiro atoms. The van der Waals surface area contributed by atoms with E-state index in [4.69, 9.17) is 5.11 Å². The number of aliphatic carboxylic acids is 1. The van der Waals surface area contributed by atoms with Gasteiger partial charge in [-0.25, -0.2) is 0 Å². The molecule has 2 aliphatic rings. The average molecular weight is 227 g/mol. The van der Waals surface area contributed by atoms with Crippen molar-refractivity contribution in [3.05, 3.63) is 0 Å². The van der Waals surface area contributed by atoms with E-state index in [1.165, 1.54) is 0 Å². The second-order valence-corrected chi connectivity index (χ2v) is 4.72. The van der Waals surface area contributed by atoms with Crippen molar-refractivity contribution in [2.45, 2.75) is 38.1 Å². The number of aliphatic hydroxyl groups is 1. The Balaban J connectivity index is 2.11. The van der Waals surface area contributed by atoms with Gasteiger partial charge >= 0.3 is 5.97 Å². The van der Waals surface area contributed by atoms with E-state index in [1.807, 2.05) is 0 Å². The first-order chi connectivity index (χ1) is 7.62. The number of carbonyl (C=O) groups excluding carboxylic acids is 1. The molecular formula is C11H17NO4. The topological polar surface area (TPSA) is 77.8 Å². The molecule has 2 fully saturated rings. The Morgan fingerprint density at radius 3 is 2.50 bits per heavy atom. The molecule has 0 aromatic carbocycles. The van der Waals surface area contributed by atoms with Crippen LogP contribution in [-0.4, -0.2) is 46.2 Å². The van der Waals surface area contributed by atoms with Crippen LogP contribution in [0.4, 0.5) is 0 Å². The van der Waals surface area contributed by atoms with Gasteiger partial charge in [0.05, 0.1) is 12.6 Å². The first-order valence-electron chi connectivity index (χ1n) is 5.77. The monoisotopic (exact) mass is 227 g/mol. The number of amides is 1. The minimum Gasteiger partial charge on any atom is -0.480 e. The molecule has 2 rings (SSSR count). The summed E-state index contributed by atoms with van der Waals surface area (Å²) in [5.41, 5.74) is -1.16. The number of hydrogen-bond acceptors (Lipinski definition) is 3. The highest BCUT2D eigenvalue weighted by atomic mass is 16.4. The molecule has 0 radical (unpaired) electrons. The second-order valence-electron chi connectivity index (χ2n) is 4.72. The van der Waals surface area contributed by atoms with Crippen molar-refractivity contribution >= 4 is 11.9 Å². The van der Waals surface area contributed by atoms with Crippen LogP contribution >= 0.6 is 0 Å². The molecule has 1 atom stereocenters. The maximum absolute atomic E-state index is 12.1. The average Bonchev–Trinajstić information content (AvgIpc) is 3.09. The molecule has 0 bridgehead atoms. The van der Waals surface area contributed by atoms with E-state index in [0.717, 1.165) is 19.3 Å². The third kappa shape index (κ3) is 1.69. The smallest absolute Gasteiger partial charge is 0.319 e. The molecule has 1 heterocycles. The van der Waals surface area contributed by atoms with Crippen LogP contribution in [0.25, 0.3) is 0 Å². The standard InChI is InChI=1S/C11H17NO4/c13-7-8-3-1-2-6-12(8)9(14)11(4-5-11)10(15)16/h8,13H,1-7H2,(H,15,16). The molecule has 1 aliphatic carbocycles. The fourth-order valence-electron chi connectivity index (χ4n) is 2.38. The minimum absolute atomic E-state index is 0.0680. The molecule has 5 nitrogen and oxygen atoms in total. The van der Waals surface area contributed by atoms with Crippen molar-refractivity contribution in [2.75, 3.05) is 13.2 Å². The summed E-state index contributed by atoms with van der Waals surface area (Å²) < 4.78 is 0. The number of piperidine rings is 1. The van der Waals surface area contributed by atoms with E-state index in [0.29, 0.717) is 19.4 Å². The Hall–Kier alpha value is -1.10. The van der Waals surface area contributed by atoms with Crippen LogP contribution in [-0.2, 0) is 9.59 Å². The Kier molecular flexibility index (Phi) is 2.88. The molecule has 16 heavy (non-hydrogen) atoms. The molecule has 5 heteroatoms. The highest BCUT2D eigenvalue weighted by molar-refractivity contribution is 6.05. The summed E-state index contributed by atoms with van der Waals surface area (Å²) in [6.07, 6.45) is 3.55. The fourth-order valence-corrected chi connectivity index (χ4v) is 2.38. The third-order valence-corrected chi connectivity index (χ3v) is 3.67. The lowest BCUT2D eigenvalue weighted by molar-refractivity contribution is -0.155. The van der Waals surface area contributed by atoms with Gasteiger partial charge in [0.25, 0.3) is 0 Å². The van der Waals surface area contributed by atoms with Crippen LogP contribution in [0.2, 0.25) is 0 Å². The van der Waals surface area contributed by atoms with Crippen LogP contribution in [0.3, 0.4) is 0 Å². The molecule has 1 saturated carbocycles. The molecule has 0 aromatic heterocycles. The van der Waals surface area contributed by atoms with Gasteiger partial charge in [0.1, 0.15) is 5.41 Å². The van der Waals surface area contributed by atoms with Gasteiger partial charge in [-0.1, -0.05) is 0 Å². The van der Waals surface area contributed by atoms with Gasteiger partial charge in [0.15, 0.2) is 0 Å². The molecule has 1 unspecified atom stereocenters. The molecule has 2 N–H and O–H groups in total. The van der Waals surface area contributed by atoms with E-state index in [-0.39, 0.29) is 18.6 Å². The zero-order chi connectivity index (χ0) is 11.8. The van der Waals surface area contributed by atoms with Crippen molar-refractivity contribution in [1.29, 1.82) is 0 Å². The zero-order valence-electron chi connectivity index (χ0n) is 9.19. The van der Waals surface area contributed by atoms with Crippen molar-refractivity contribution < 1.29 is 19.8 Å². The zero-order valence-corrected chi connectivity index (χ0v) is 9.19. The van der Waals surface area contributed by atoms with Gasteiger partial charge in [0, 0.05) is 6.54 Å². The first-order valence-corrected chi connectivity index (χ1v) is 5.77. The summed E-state index contributed by atoms with van der Waals surface area (Å²) in [5, 5.41) is 18.2. The third-order valence-electron chi connectivity index (χ3n) is 3.67. The van der Waals surface area contributed by atoms with E-state index in [9.17, 15) is 14.7 Å². The second kappa shape index (κ2) is 4.05. The van der Waals surface area contributed by atoms with Gasteiger partial charge in [-0.05, 0) is 32.1 Å². The Morgan fingerprint density at radius 2 is 2.00 bits per heavy atom. The summed E-state index contributed by atoms with van der Waals surface area (Å²) >= 11 is 0. The van der Waals surface area contributed by atoms with Crippen LogP contribution in [0.5, 0.6) is 0 Å². The van der Waals surface area contributed by atoms with Crippen molar-refractivity contribution in [2.24, 2.45) is 5.41 Å². The normalized spacial score (nSPS) is 27.6. The molecule has 1 saturated heterocycles. The van der Waals surface area contributed by atoms with E-state index in [2.05, 4.69) is 0 Å². The molecule has 1 aliphatic heterocycles. The molecule has 90 valence electrons. The predicted octanol–water partition coefficient (Wildman–Crippen LogP) is 0.225. The van der Waals surface area contributed by atoms with Crippen LogP contribution in [0.15, 0.2) is 0 Å². The number of hydrogen-bond donors (Lipinski definition) is 2. The van der Waals surface area contributed by atoms with Gasteiger partial charge in [-0.3, -0.25) is 9.59 Å². The molecule has 1 amide bonds.